The van der Waals surface area contributed by atoms with Gasteiger partial charge in [0.15, 0.2) is 0 Å². The SMILES string of the molecule is CCCC(C)N(CCC)c1ccc(N)cc1. The van der Waals surface area contributed by atoms with E-state index >= 15 is 0 Å². The van der Waals surface area contributed by atoms with E-state index in [4.69, 9.17) is 5.73 Å². The number of nitrogen functional groups attached to an aromatic ring is 1. The first-order valence-electron chi connectivity index (χ1n) is 6.31. The third-order valence-corrected chi connectivity index (χ3v) is 2.93. The van der Waals surface area contributed by atoms with Crippen molar-refractivity contribution in [1.29, 1.82) is 0 Å². The standard InChI is InChI=1S/C14H24N2/c1-4-6-12(3)16(11-5-2)14-9-7-13(15)8-10-14/h7-10,12H,4-6,11,15H2,1-3H3. The quantitative estimate of drug-likeness (QED) is 0.741. The first kappa shape index (κ1) is 12.9. The van der Waals surface area contributed by atoms with Gasteiger partial charge in [-0.3, -0.25) is 0 Å². The highest BCUT2D eigenvalue weighted by atomic mass is 15.2. The minimum absolute atomic E-state index is 0.605. The Hall–Kier alpha value is -1.18. The molecule has 0 spiro atoms. The molecule has 2 nitrogen and oxygen atoms in total. The smallest absolute Gasteiger partial charge is 0.0370 e. The van der Waals surface area contributed by atoms with Gasteiger partial charge >= 0.3 is 0 Å². The van der Waals surface area contributed by atoms with Crippen LogP contribution in [0.5, 0.6) is 0 Å². The molecule has 0 aliphatic heterocycles. The van der Waals surface area contributed by atoms with Crippen LogP contribution in [-0.4, -0.2) is 12.6 Å². The highest BCUT2D eigenvalue weighted by Gasteiger charge is 2.12. The maximum absolute atomic E-state index is 5.72. The lowest BCUT2D eigenvalue weighted by molar-refractivity contribution is 0.576. The molecule has 90 valence electrons. The highest BCUT2D eigenvalue weighted by molar-refractivity contribution is 5.53. The van der Waals surface area contributed by atoms with E-state index in [1.807, 2.05) is 12.1 Å². The summed E-state index contributed by atoms with van der Waals surface area (Å²) in [7, 11) is 0. The lowest BCUT2D eigenvalue weighted by Gasteiger charge is -2.31. The van der Waals surface area contributed by atoms with Crippen molar-refractivity contribution >= 4 is 11.4 Å². The Morgan fingerprint density at radius 2 is 1.75 bits per heavy atom. The lowest BCUT2D eigenvalue weighted by Crippen LogP contribution is -2.33. The van der Waals surface area contributed by atoms with Crippen molar-refractivity contribution < 1.29 is 0 Å². The molecule has 1 atom stereocenters. The van der Waals surface area contributed by atoms with Crippen LogP contribution in [0, 0.1) is 0 Å². The fourth-order valence-electron chi connectivity index (χ4n) is 2.08. The van der Waals surface area contributed by atoms with Gasteiger partial charge in [-0.1, -0.05) is 20.3 Å². The maximum atomic E-state index is 5.72. The molecule has 2 heteroatoms. The first-order chi connectivity index (χ1) is 7.69. The summed E-state index contributed by atoms with van der Waals surface area (Å²) in [4.78, 5) is 2.48. The molecule has 1 rings (SSSR count). The predicted molar refractivity (Wildman–Crippen MR) is 72.9 cm³/mol. The molecule has 0 aliphatic carbocycles. The Balaban J connectivity index is 2.79. The third-order valence-electron chi connectivity index (χ3n) is 2.93. The van der Waals surface area contributed by atoms with Crippen LogP contribution in [0.25, 0.3) is 0 Å². The van der Waals surface area contributed by atoms with Crippen LogP contribution in [0.1, 0.15) is 40.0 Å². The Bertz CT molecular complexity index is 292. The van der Waals surface area contributed by atoms with E-state index in [1.165, 1.54) is 24.9 Å². The topological polar surface area (TPSA) is 29.3 Å². The summed E-state index contributed by atoms with van der Waals surface area (Å²) < 4.78 is 0. The van der Waals surface area contributed by atoms with Gasteiger partial charge in [0.1, 0.15) is 0 Å². The molecule has 0 fully saturated rings. The van der Waals surface area contributed by atoms with Gasteiger partial charge in [0.25, 0.3) is 0 Å². The Labute approximate surface area is 99.5 Å². The number of hydrogen-bond acceptors (Lipinski definition) is 2. The zero-order chi connectivity index (χ0) is 12.0. The van der Waals surface area contributed by atoms with E-state index in [0.717, 1.165) is 12.2 Å². The molecule has 16 heavy (non-hydrogen) atoms. The van der Waals surface area contributed by atoms with Gasteiger partial charge in [-0.25, -0.2) is 0 Å². The zero-order valence-electron chi connectivity index (χ0n) is 10.7. The summed E-state index contributed by atoms with van der Waals surface area (Å²) in [6.07, 6.45) is 3.65. The fraction of sp³-hybridized carbons (Fsp3) is 0.571. The van der Waals surface area contributed by atoms with Crippen LogP contribution in [0.2, 0.25) is 0 Å². The molecular formula is C14H24N2. The second-order valence-electron chi connectivity index (χ2n) is 4.42. The number of hydrogen-bond donors (Lipinski definition) is 1. The van der Waals surface area contributed by atoms with Gasteiger partial charge in [-0.2, -0.15) is 0 Å². The Morgan fingerprint density at radius 1 is 1.12 bits per heavy atom. The Morgan fingerprint density at radius 3 is 2.25 bits per heavy atom. The van der Waals surface area contributed by atoms with Gasteiger partial charge in [0.2, 0.25) is 0 Å². The van der Waals surface area contributed by atoms with E-state index < -0.39 is 0 Å². The summed E-state index contributed by atoms with van der Waals surface area (Å²) >= 11 is 0. The van der Waals surface area contributed by atoms with Crippen LogP contribution in [0.15, 0.2) is 24.3 Å². The number of rotatable bonds is 6. The third kappa shape index (κ3) is 3.44. The molecule has 0 aliphatic rings. The van der Waals surface area contributed by atoms with E-state index in [9.17, 15) is 0 Å². The second-order valence-corrected chi connectivity index (χ2v) is 4.42. The van der Waals surface area contributed by atoms with Gasteiger partial charge < -0.3 is 10.6 Å². The lowest BCUT2D eigenvalue weighted by atomic mass is 10.1. The van der Waals surface area contributed by atoms with Crippen LogP contribution in [-0.2, 0) is 0 Å². The molecule has 0 heterocycles. The number of benzene rings is 1. The van der Waals surface area contributed by atoms with Crippen LogP contribution < -0.4 is 10.6 Å². The predicted octanol–water partition coefficient (Wildman–Crippen LogP) is 3.67. The van der Waals surface area contributed by atoms with Crippen LogP contribution in [0.4, 0.5) is 11.4 Å². The monoisotopic (exact) mass is 220 g/mol. The van der Waals surface area contributed by atoms with Gasteiger partial charge in [-0.15, -0.1) is 0 Å². The molecule has 1 aromatic rings. The molecule has 0 radical (unpaired) electrons. The molecular weight excluding hydrogens is 196 g/mol. The molecule has 0 saturated heterocycles. The van der Waals surface area contributed by atoms with Crippen molar-refractivity contribution in [3.8, 4) is 0 Å². The molecule has 0 amide bonds. The molecule has 1 unspecified atom stereocenters. The van der Waals surface area contributed by atoms with Gasteiger partial charge in [0.05, 0.1) is 0 Å². The Kier molecular flexibility index (Phi) is 5.17. The summed E-state index contributed by atoms with van der Waals surface area (Å²) in [5, 5.41) is 0. The number of nitrogens with two attached hydrogens (primary N) is 1. The van der Waals surface area contributed by atoms with Crippen LogP contribution >= 0.6 is 0 Å². The number of nitrogens with zero attached hydrogens (tertiary/aromatic N) is 1. The normalized spacial score (nSPS) is 12.4. The fourth-order valence-corrected chi connectivity index (χ4v) is 2.08. The van der Waals surface area contributed by atoms with Crippen molar-refractivity contribution in [3.05, 3.63) is 24.3 Å². The average molecular weight is 220 g/mol. The van der Waals surface area contributed by atoms with Crippen molar-refractivity contribution in [3.63, 3.8) is 0 Å². The van der Waals surface area contributed by atoms with E-state index in [1.54, 1.807) is 0 Å². The van der Waals surface area contributed by atoms with Crippen molar-refractivity contribution in [2.24, 2.45) is 0 Å². The minimum atomic E-state index is 0.605. The van der Waals surface area contributed by atoms with E-state index in [2.05, 4.69) is 37.8 Å². The minimum Gasteiger partial charge on any atom is -0.399 e. The molecule has 2 N–H and O–H groups in total. The van der Waals surface area contributed by atoms with Crippen LogP contribution in [0.3, 0.4) is 0 Å². The zero-order valence-corrected chi connectivity index (χ0v) is 10.7. The largest absolute Gasteiger partial charge is 0.399 e. The first-order valence-corrected chi connectivity index (χ1v) is 6.31. The summed E-state index contributed by atoms with van der Waals surface area (Å²) in [6, 6.07) is 8.82. The average Bonchev–Trinajstić information content (AvgIpc) is 2.28. The van der Waals surface area contributed by atoms with Crippen molar-refractivity contribution in [2.75, 3.05) is 17.2 Å². The van der Waals surface area contributed by atoms with Crippen molar-refractivity contribution in [2.45, 2.75) is 46.1 Å². The summed E-state index contributed by atoms with van der Waals surface area (Å²) in [6.45, 7) is 7.88. The van der Waals surface area contributed by atoms with Gasteiger partial charge in [-0.05, 0) is 44.0 Å². The summed E-state index contributed by atoms with van der Waals surface area (Å²) in [5.41, 5.74) is 7.84. The van der Waals surface area contributed by atoms with Gasteiger partial charge in [0, 0.05) is 24.0 Å². The van der Waals surface area contributed by atoms with Crippen molar-refractivity contribution in [1.82, 2.24) is 0 Å². The molecule has 0 saturated carbocycles. The molecule has 1 aromatic carbocycles. The maximum Gasteiger partial charge on any atom is 0.0370 e. The van der Waals surface area contributed by atoms with E-state index in [-0.39, 0.29) is 0 Å². The second kappa shape index (κ2) is 6.41. The molecule has 0 bridgehead atoms. The number of anilines is 2. The summed E-state index contributed by atoms with van der Waals surface area (Å²) in [5.74, 6) is 0. The highest BCUT2D eigenvalue weighted by Crippen LogP contribution is 2.21. The molecule has 0 aromatic heterocycles. The van der Waals surface area contributed by atoms with E-state index in [0.29, 0.717) is 6.04 Å².